The Morgan fingerprint density at radius 3 is 2.60 bits per heavy atom. The van der Waals surface area contributed by atoms with Gasteiger partial charge >= 0.3 is 0 Å². The lowest BCUT2D eigenvalue weighted by Crippen LogP contribution is -1.83. The minimum Gasteiger partial charge on any atom is -0.381 e. The molecule has 2 rings (SSSR count). The van der Waals surface area contributed by atoms with Crippen molar-refractivity contribution in [2.45, 2.75) is 0 Å². The first-order valence-electron chi connectivity index (χ1n) is 3.95. The molecule has 15 heavy (non-hydrogen) atoms. The molecule has 0 amide bonds. The van der Waals surface area contributed by atoms with Gasteiger partial charge in [-0.15, -0.1) is 0 Å². The van der Waals surface area contributed by atoms with E-state index in [2.05, 4.69) is 5.16 Å². The smallest absolute Gasteiger partial charge is 0.170 e. The van der Waals surface area contributed by atoms with E-state index in [-0.39, 0.29) is 21.6 Å². The van der Waals surface area contributed by atoms with E-state index in [1.807, 2.05) is 0 Å². The third-order valence-electron chi connectivity index (χ3n) is 1.79. The van der Waals surface area contributed by atoms with Gasteiger partial charge in [-0.3, -0.25) is 0 Å². The van der Waals surface area contributed by atoms with Crippen molar-refractivity contribution in [2.75, 3.05) is 5.73 Å². The minimum absolute atomic E-state index is 0.0736. The normalized spacial score (nSPS) is 10.6. The van der Waals surface area contributed by atoms with E-state index in [0.29, 0.717) is 5.56 Å². The Kier molecular flexibility index (Phi) is 2.54. The molecule has 0 unspecified atom stereocenters. The number of nitrogens with two attached hydrogens (primary N) is 1. The van der Waals surface area contributed by atoms with Crippen LogP contribution in [0.1, 0.15) is 0 Å². The third kappa shape index (κ3) is 1.91. The lowest BCUT2D eigenvalue weighted by Gasteiger charge is -2.01. The molecule has 1 heterocycles. The van der Waals surface area contributed by atoms with Gasteiger partial charge < -0.3 is 10.3 Å². The second-order valence-corrected chi connectivity index (χ2v) is 3.68. The number of hydrogen-bond acceptors (Lipinski definition) is 3. The van der Waals surface area contributed by atoms with Crippen LogP contribution in [-0.2, 0) is 0 Å². The number of aromatic nitrogens is 1. The number of nitrogen functional groups attached to an aromatic ring is 1. The van der Waals surface area contributed by atoms with Crippen molar-refractivity contribution in [3.05, 3.63) is 34.1 Å². The van der Waals surface area contributed by atoms with Crippen LogP contribution in [0.3, 0.4) is 0 Å². The molecule has 0 saturated heterocycles. The van der Waals surface area contributed by atoms with Gasteiger partial charge in [0.1, 0.15) is 5.82 Å². The average molecular weight is 247 g/mol. The fourth-order valence-electron chi connectivity index (χ4n) is 1.15. The number of hydrogen-bond donors (Lipinski definition) is 1. The summed E-state index contributed by atoms with van der Waals surface area (Å²) in [5, 5.41) is 3.62. The lowest BCUT2D eigenvalue weighted by molar-refractivity contribution is 0.435. The number of halogens is 3. The summed E-state index contributed by atoms with van der Waals surface area (Å²) in [7, 11) is 0. The number of benzene rings is 1. The SMILES string of the molecule is Nc1cc(-c2cc(Cl)cc(F)c2Cl)on1. The highest BCUT2D eigenvalue weighted by atomic mass is 35.5. The summed E-state index contributed by atoms with van der Waals surface area (Å²) < 4.78 is 18.1. The quantitative estimate of drug-likeness (QED) is 0.786. The van der Waals surface area contributed by atoms with Crippen LogP contribution < -0.4 is 5.73 Å². The van der Waals surface area contributed by atoms with Crippen molar-refractivity contribution in [1.29, 1.82) is 0 Å². The molecule has 2 aromatic rings. The third-order valence-corrected chi connectivity index (χ3v) is 2.39. The molecule has 6 heteroatoms. The topological polar surface area (TPSA) is 52.0 Å². The summed E-state index contributed by atoms with van der Waals surface area (Å²) in [4.78, 5) is 0. The first-order chi connectivity index (χ1) is 7.08. The van der Waals surface area contributed by atoms with Crippen molar-refractivity contribution in [1.82, 2.24) is 5.16 Å². The molecule has 0 saturated carbocycles. The molecule has 2 N–H and O–H groups in total. The Hall–Kier alpha value is -1.26. The lowest BCUT2D eigenvalue weighted by atomic mass is 10.1. The Morgan fingerprint density at radius 2 is 2.00 bits per heavy atom. The standard InChI is InChI=1S/C9H5Cl2FN2O/c10-4-1-5(9(11)6(12)2-4)7-3-8(13)14-15-7/h1-3H,(H2,13,14). The largest absolute Gasteiger partial charge is 0.381 e. The molecule has 1 aromatic heterocycles. The first kappa shape index (κ1) is 10.3. The van der Waals surface area contributed by atoms with Gasteiger partial charge in [0, 0.05) is 16.7 Å². The van der Waals surface area contributed by atoms with E-state index >= 15 is 0 Å². The van der Waals surface area contributed by atoms with Crippen LogP contribution in [-0.4, -0.2) is 5.16 Å². The predicted octanol–water partition coefficient (Wildman–Crippen LogP) is 3.37. The fraction of sp³-hybridized carbons (Fsp3) is 0. The molecule has 0 radical (unpaired) electrons. The maximum atomic E-state index is 13.2. The van der Waals surface area contributed by atoms with E-state index in [0.717, 1.165) is 6.07 Å². The van der Waals surface area contributed by atoms with E-state index in [1.54, 1.807) is 0 Å². The first-order valence-corrected chi connectivity index (χ1v) is 4.70. The summed E-state index contributed by atoms with van der Waals surface area (Å²) in [6.07, 6.45) is 0. The summed E-state index contributed by atoms with van der Waals surface area (Å²) in [5.41, 5.74) is 5.69. The van der Waals surface area contributed by atoms with Crippen molar-refractivity contribution >= 4 is 29.0 Å². The van der Waals surface area contributed by atoms with Crippen molar-refractivity contribution in [2.24, 2.45) is 0 Å². The number of rotatable bonds is 1. The second kappa shape index (κ2) is 3.72. The van der Waals surface area contributed by atoms with Crippen LogP contribution in [0.15, 0.2) is 22.7 Å². The Bertz CT molecular complexity index is 513. The van der Waals surface area contributed by atoms with Gasteiger partial charge in [0.15, 0.2) is 11.6 Å². The van der Waals surface area contributed by atoms with Crippen LogP contribution in [0.5, 0.6) is 0 Å². The van der Waals surface area contributed by atoms with Crippen molar-refractivity contribution in [3.63, 3.8) is 0 Å². The Labute approximate surface area is 94.6 Å². The molecule has 3 nitrogen and oxygen atoms in total. The fourth-order valence-corrected chi connectivity index (χ4v) is 1.56. The zero-order chi connectivity index (χ0) is 11.0. The molecule has 78 valence electrons. The van der Waals surface area contributed by atoms with Crippen molar-refractivity contribution < 1.29 is 8.91 Å². The predicted molar refractivity (Wildman–Crippen MR) is 56.3 cm³/mol. The molecule has 0 aliphatic carbocycles. The van der Waals surface area contributed by atoms with Crippen LogP contribution >= 0.6 is 23.2 Å². The van der Waals surface area contributed by atoms with Gasteiger partial charge in [0.25, 0.3) is 0 Å². The minimum atomic E-state index is -0.617. The zero-order valence-corrected chi connectivity index (χ0v) is 8.81. The van der Waals surface area contributed by atoms with E-state index in [9.17, 15) is 4.39 Å². The highest BCUT2D eigenvalue weighted by Gasteiger charge is 2.14. The van der Waals surface area contributed by atoms with Gasteiger partial charge in [-0.1, -0.05) is 28.4 Å². The highest BCUT2D eigenvalue weighted by Crippen LogP contribution is 2.33. The van der Waals surface area contributed by atoms with Crippen molar-refractivity contribution in [3.8, 4) is 11.3 Å². The molecular formula is C9H5Cl2FN2O. The molecule has 1 aromatic carbocycles. The van der Waals surface area contributed by atoms with Gasteiger partial charge in [-0.25, -0.2) is 4.39 Å². The Balaban J connectivity index is 2.62. The molecule has 0 spiro atoms. The summed E-state index contributed by atoms with van der Waals surface area (Å²) >= 11 is 11.4. The van der Waals surface area contributed by atoms with Crippen LogP contribution in [0, 0.1) is 5.82 Å². The van der Waals surface area contributed by atoms with Gasteiger partial charge in [-0.2, -0.15) is 0 Å². The maximum Gasteiger partial charge on any atom is 0.170 e. The molecule has 0 atom stereocenters. The Morgan fingerprint density at radius 1 is 1.27 bits per heavy atom. The monoisotopic (exact) mass is 246 g/mol. The number of anilines is 1. The van der Waals surface area contributed by atoms with Crippen LogP contribution in [0.25, 0.3) is 11.3 Å². The highest BCUT2D eigenvalue weighted by molar-refractivity contribution is 6.35. The van der Waals surface area contributed by atoms with Gasteiger partial charge in [0.05, 0.1) is 5.02 Å². The van der Waals surface area contributed by atoms with Gasteiger partial charge in [-0.05, 0) is 12.1 Å². The summed E-state index contributed by atoms with van der Waals surface area (Å²) in [6, 6.07) is 4.04. The second-order valence-electron chi connectivity index (χ2n) is 2.87. The molecule has 0 aliphatic rings. The average Bonchev–Trinajstić information content (AvgIpc) is 2.58. The van der Waals surface area contributed by atoms with E-state index in [4.69, 9.17) is 33.5 Å². The molecular weight excluding hydrogens is 242 g/mol. The number of nitrogens with zero attached hydrogens (tertiary/aromatic N) is 1. The summed E-state index contributed by atoms with van der Waals surface area (Å²) in [6.45, 7) is 0. The van der Waals surface area contributed by atoms with Gasteiger partial charge in [0.2, 0.25) is 0 Å². The van der Waals surface area contributed by atoms with E-state index < -0.39 is 5.82 Å². The maximum absolute atomic E-state index is 13.2. The zero-order valence-electron chi connectivity index (χ0n) is 7.30. The molecule has 0 aliphatic heterocycles. The molecule has 0 bridgehead atoms. The molecule has 0 fully saturated rings. The van der Waals surface area contributed by atoms with Crippen LogP contribution in [0.2, 0.25) is 10.0 Å². The van der Waals surface area contributed by atoms with E-state index in [1.165, 1.54) is 12.1 Å². The van der Waals surface area contributed by atoms with Crippen LogP contribution in [0.4, 0.5) is 10.2 Å². The summed E-state index contributed by atoms with van der Waals surface area (Å²) in [5.74, 6) is -0.144.